The van der Waals surface area contributed by atoms with Crippen LogP contribution in [0, 0.1) is 5.95 Å². The number of ether oxygens (including phenoxy) is 2. The summed E-state index contributed by atoms with van der Waals surface area (Å²) in [5.41, 5.74) is -0.484. The number of carbonyl (C=O) groups is 1. The van der Waals surface area contributed by atoms with E-state index in [1.165, 1.54) is 49.7 Å². The van der Waals surface area contributed by atoms with Crippen molar-refractivity contribution in [1.82, 2.24) is 14.8 Å². The van der Waals surface area contributed by atoms with Crippen LogP contribution in [0.2, 0.25) is 0 Å². The number of rotatable bonds is 6. The molecule has 0 aliphatic heterocycles. The Balaban J connectivity index is 2.20. The number of pyridine rings is 1. The topological polar surface area (TPSA) is 100 Å². The monoisotopic (exact) mass is 405 g/mol. The van der Waals surface area contributed by atoms with Gasteiger partial charge >= 0.3 is 5.97 Å². The van der Waals surface area contributed by atoms with Crippen LogP contribution in [0.15, 0.2) is 58.6 Å². The van der Waals surface area contributed by atoms with Crippen LogP contribution in [0.25, 0.3) is 5.69 Å². The second-order valence-electron chi connectivity index (χ2n) is 5.49. The maximum absolute atomic E-state index is 14.2. The van der Waals surface area contributed by atoms with E-state index in [2.05, 4.69) is 10.1 Å². The van der Waals surface area contributed by atoms with E-state index in [0.29, 0.717) is 5.75 Å². The van der Waals surface area contributed by atoms with Crippen molar-refractivity contribution in [1.29, 1.82) is 0 Å². The van der Waals surface area contributed by atoms with E-state index in [4.69, 9.17) is 9.47 Å². The number of nitrogens with zero attached hydrogens (tertiary/aromatic N) is 3. The summed E-state index contributed by atoms with van der Waals surface area (Å²) in [4.78, 5) is 15.5. The first-order valence-electron chi connectivity index (χ1n) is 8.15. The Morgan fingerprint density at radius 3 is 2.54 bits per heavy atom. The fraction of sp³-hybridized carbons (Fsp3) is 0.167. The maximum atomic E-state index is 14.2. The molecule has 28 heavy (non-hydrogen) atoms. The summed E-state index contributed by atoms with van der Waals surface area (Å²) in [7, 11) is -2.69. The molecule has 0 atom stereocenters. The standard InChI is InChI=1S/C18H16FN3O5S/c1-3-27-18(23)14-11-16(22(21-14)15-5-4-10-20-17(15)19)28(24,25)13-8-6-12(26-2)7-9-13/h4-11H,3H2,1-2H3. The number of benzene rings is 1. The number of hydrogen-bond acceptors (Lipinski definition) is 7. The Morgan fingerprint density at radius 2 is 1.93 bits per heavy atom. The minimum atomic E-state index is -4.14. The molecule has 146 valence electrons. The van der Waals surface area contributed by atoms with Gasteiger partial charge in [-0.25, -0.2) is 22.9 Å². The van der Waals surface area contributed by atoms with Crippen molar-refractivity contribution < 1.29 is 27.1 Å². The van der Waals surface area contributed by atoms with Gasteiger partial charge in [0.15, 0.2) is 10.7 Å². The zero-order valence-electron chi connectivity index (χ0n) is 15.0. The van der Waals surface area contributed by atoms with E-state index in [1.807, 2.05) is 0 Å². The highest BCUT2D eigenvalue weighted by Gasteiger charge is 2.28. The molecule has 10 heteroatoms. The summed E-state index contributed by atoms with van der Waals surface area (Å²) in [6, 6.07) is 9.41. The molecule has 0 N–H and O–H groups in total. The average Bonchev–Trinajstić information content (AvgIpc) is 3.15. The van der Waals surface area contributed by atoms with E-state index < -0.39 is 26.8 Å². The van der Waals surface area contributed by atoms with Crippen LogP contribution in [0.3, 0.4) is 0 Å². The number of methoxy groups -OCH3 is 1. The van der Waals surface area contributed by atoms with E-state index >= 15 is 0 Å². The zero-order valence-corrected chi connectivity index (χ0v) is 15.8. The third-order valence-electron chi connectivity index (χ3n) is 3.77. The SMILES string of the molecule is CCOC(=O)c1cc(S(=O)(=O)c2ccc(OC)cc2)n(-c2cccnc2F)n1. The van der Waals surface area contributed by atoms with Crippen LogP contribution in [0.1, 0.15) is 17.4 Å². The molecule has 0 aliphatic rings. The van der Waals surface area contributed by atoms with Crippen LogP contribution in [0.5, 0.6) is 5.75 Å². The van der Waals surface area contributed by atoms with Gasteiger partial charge in [0.2, 0.25) is 15.8 Å². The predicted octanol–water partition coefficient (Wildman–Crippen LogP) is 2.42. The van der Waals surface area contributed by atoms with Gasteiger partial charge in [0.05, 0.1) is 18.6 Å². The van der Waals surface area contributed by atoms with Crippen LogP contribution in [-0.2, 0) is 14.6 Å². The fourth-order valence-electron chi connectivity index (χ4n) is 2.44. The molecule has 2 heterocycles. The van der Waals surface area contributed by atoms with Gasteiger partial charge in [0.1, 0.15) is 11.4 Å². The first-order valence-corrected chi connectivity index (χ1v) is 9.64. The number of aromatic nitrogens is 3. The Bertz CT molecular complexity index is 1110. The van der Waals surface area contributed by atoms with Gasteiger partial charge in [-0.2, -0.15) is 9.49 Å². The molecule has 3 rings (SSSR count). The summed E-state index contributed by atoms with van der Waals surface area (Å²) in [5, 5.41) is 3.55. The molecular weight excluding hydrogens is 389 g/mol. The minimum Gasteiger partial charge on any atom is -0.497 e. The quantitative estimate of drug-likeness (QED) is 0.459. The van der Waals surface area contributed by atoms with Crippen molar-refractivity contribution in [3.8, 4) is 11.4 Å². The summed E-state index contributed by atoms with van der Waals surface area (Å²) >= 11 is 0. The van der Waals surface area contributed by atoms with Crippen molar-refractivity contribution in [2.45, 2.75) is 16.8 Å². The van der Waals surface area contributed by atoms with E-state index in [9.17, 15) is 17.6 Å². The summed E-state index contributed by atoms with van der Waals surface area (Å²) in [6.45, 7) is 1.68. The number of carbonyl (C=O) groups excluding carboxylic acids is 1. The average molecular weight is 405 g/mol. The summed E-state index contributed by atoms with van der Waals surface area (Å²) in [6.07, 6.45) is 1.21. The van der Waals surface area contributed by atoms with Crippen LogP contribution < -0.4 is 4.74 Å². The smallest absolute Gasteiger partial charge is 0.358 e. The Kier molecular flexibility index (Phi) is 5.41. The van der Waals surface area contributed by atoms with Gasteiger partial charge in [-0.1, -0.05) is 0 Å². The van der Waals surface area contributed by atoms with Gasteiger partial charge in [-0.05, 0) is 43.3 Å². The molecule has 8 nitrogen and oxygen atoms in total. The molecule has 2 aromatic heterocycles. The van der Waals surface area contributed by atoms with Gasteiger partial charge in [-0.15, -0.1) is 0 Å². The van der Waals surface area contributed by atoms with Gasteiger partial charge in [0.25, 0.3) is 0 Å². The largest absolute Gasteiger partial charge is 0.497 e. The molecule has 0 radical (unpaired) electrons. The summed E-state index contributed by atoms with van der Waals surface area (Å²) in [5.74, 6) is -1.29. The lowest BCUT2D eigenvalue weighted by atomic mass is 10.3. The molecular formula is C18H16FN3O5S. The van der Waals surface area contributed by atoms with Gasteiger partial charge in [0, 0.05) is 12.3 Å². The van der Waals surface area contributed by atoms with Gasteiger partial charge < -0.3 is 9.47 Å². The van der Waals surface area contributed by atoms with E-state index in [1.54, 1.807) is 6.92 Å². The second-order valence-corrected chi connectivity index (χ2v) is 7.39. The lowest BCUT2D eigenvalue weighted by Gasteiger charge is -2.09. The third-order valence-corrected chi connectivity index (χ3v) is 5.51. The molecule has 0 aliphatic carbocycles. The third kappa shape index (κ3) is 3.58. The number of halogens is 1. The molecule has 0 spiro atoms. The maximum Gasteiger partial charge on any atom is 0.358 e. The number of esters is 1. The van der Waals surface area contributed by atoms with Crippen LogP contribution >= 0.6 is 0 Å². The number of sulfone groups is 1. The zero-order chi connectivity index (χ0) is 20.3. The molecule has 0 bridgehead atoms. The first-order chi connectivity index (χ1) is 13.4. The van der Waals surface area contributed by atoms with Crippen molar-refractivity contribution in [2.24, 2.45) is 0 Å². The van der Waals surface area contributed by atoms with E-state index in [-0.39, 0.29) is 22.9 Å². The lowest BCUT2D eigenvalue weighted by molar-refractivity contribution is 0.0519. The molecule has 1 aromatic carbocycles. The molecule has 0 saturated heterocycles. The van der Waals surface area contributed by atoms with Crippen molar-refractivity contribution in [3.05, 3.63) is 60.3 Å². The molecule has 3 aromatic rings. The molecule has 0 saturated carbocycles. The fourth-order valence-corrected chi connectivity index (χ4v) is 3.81. The molecule has 0 unspecified atom stereocenters. The highest BCUT2D eigenvalue weighted by molar-refractivity contribution is 7.91. The van der Waals surface area contributed by atoms with Crippen molar-refractivity contribution in [3.63, 3.8) is 0 Å². The lowest BCUT2D eigenvalue weighted by Crippen LogP contribution is -2.12. The normalized spacial score (nSPS) is 11.2. The Labute approximate surface area is 160 Å². The Morgan fingerprint density at radius 1 is 1.21 bits per heavy atom. The Hall–Kier alpha value is -3.27. The van der Waals surface area contributed by atoms with E-state index in [0.717, 1.165) is 10.7 Å². The number of hydrogen-bond donors (Lipinski definition) is 0. The predicted molar refractivity (Wildman–Crippen MR) is 95.7 cm³/mol. The minimum absolute atomic E-state index is 0.0749. The molecule has 0 fully saturated rings. The molecule has 0 amide bonds. The van der Waals surface area contributed by atoms with Crippen molar-refractivity contribution >= 4 is 15.8 Å². The highest BCUT2D eigenvalue weighted by Crippen LogP contribution is 2.26. The first kappa shape index (κ1) is 19.5. The van der Waals surface area contributed by atoms with Gasteiger partial charge in [-0.3, -0.25) is 0 Å². The van der Waals surface area contributed by atoms with Crippen LogP contribution in [-0.4, -0.2) is 42.9 Å². The highest BCUT2D eigenvalue weighted by atomic mass is 32.2. The summed E-state index contributed by atoms with van der Waals surface area (Å²) < 4.78 is 51.2. The van der Waals surface area contributed by atoms with Crippen LogP contribution in [0.4, 0.5) is 4.39 Å². The second kappa shape index (κ2) is 7.77. The van der Waals surface area contributed by atoms with Crippen molar-refractivity contribution in [2.75, 3.05) is 13.7 Å².